The van der Waals surface area contributed by atoms with Crippen molar-refractivity contribution in [2.45, 2.75) is 33.2 Å². The zero-order valence-corrected chi connectivity index (χ0v) is 13.0. The van der Waals surface area contributed by atoms with Crippen molar-refractivity contribution in [3.8, 4) is 5.88 Å². The van der Waals surface area contributed by atoms with Crippen LogP contribution in [0.15, 0.2) is 18.2 Å². The Bertz CT molecular complexity index is 629. The van der Waals surface area contributed by atoms with Crippen LogP contribution in [0.25, 0.3) is 0 Å². The van der Waals surface area contributed by atoms with Crippen LogP contribution in [-0.4, -0.2) is 29.1 Å². The molecule has 118 valence electrons. The lowest BCUT2D eigenvalue weighted by atomic mass is 9.84. The number of amides is 1. The van der Waals surface area contributed by atoms with Gasteiger partial charge in [-0.15, -0.1) is 0 Å². The summed E-state index contributed by atoms with van der Waals surface area (Å²) >= 11 is 0. The molecule has 0 spiro atoms. The first kappa shape index (κ1) is 16.0. The summed E-state index contributed by atoms with van der Waals surface area (Å²) in [5.41, 5.74) is 1.14. The van der Waals surface area contributed by atoms with Crippen LogP contribution < -0.4 is 10.1 Å². The van der Waals surface area contributed by atoms with E-state index >= 15 is 0 Å². The van der Waals surface area contributed by atoms with Crippen molar-refractivity contribution in [3.05, 3.63) is 35.0 Å². The highest BCUT2D eigenvalue weighted by Crippen LogP contribution is 2.34. The van der Waals surface area contributed by atoms with Gasteiger partial charge < -0.3 is 15.2 Å². The number of hydrogen-bond donors (Lipinski definition) is 2. The summed E-state index contributed by atoms with van der Waals surface area (Å²) in [7, 11) is 1.52. The Balaban J connectivity index is 2.16. The van der Waals surface area contributed by atoms with Gasteiger partial charge >= 0.3 is 5.97 Å². The third kappa shape index (κ3) is 2.81. The van der Waals surface area contributed by atoms with Crippen molar-refractivity contribution in [1.29, 1.82) is 0 Å². The lowest BCUT2D eigenvalue weighted by molar-refractivity contribution is -0.155. The standard InChI is InChI=1S/C16H20N2O4/c1-10-8-11(2)18-13(22-3)12(10)9-17-14(19)16(15(20)21)6-4-5-7-16/h4-5,8H,6-7,9H2,1-3H3,(H,17,19)(H,20,21). The molecule has 2 N–H and O–H groups in total. The molecular weight excluding hydrogens is 284 g/mol. The molecule has 0 fully saturated rings. The molecule has 0 saturated carbocycles. The predicted molar refractivity (Wildman–Crippen MR) is 80.6 cm³/mol. The average Bonchev–Trinajstić information content (AvgIpc) is 2.96. The van der Waals surface area contributed by atoms with E-state index in [1.54, 1.807) is 12.2 Å². The molecule has 0 unspecified atom stereocenters. The van der Waals surface area contributed by atoms with Crippen LogP contribution in [-0.2, 0) is 16.1 Å². The molecule has 6 nitrogen and oxygen atoms in total. The third-order valence-corrected chi connectivity index (χ3v) is 4.00. The summed E-state index contributed by atoms with van der Waals surface area (Å²) < 4.78 is 5.25. The maximum atomic E-state index is 12.4. The molecule has 1 aliphatic carbocycles. The molecule has 22 heavy (non-hydrogen) atoms. The second-order valence-corrected chi connectivity index (χ2v) is 5.52. The summed E-state index contributed by atoms with van der Waals surface area (Å²) in [6.45, 7) is 3.96. The first-order valence-corrected chi connectivity index (χ1v) is 7.08. The summed E-state index contributed by atoms with van der Waals surface area (Å²) in [4.78, 5) is 28.1. The number of hydrogen-bond acceptors (Lipinski definition) is 4. The molecule has 1 amide bonds. The molecule has 0 atom stereocenters. The maximum Gasteiger partial charge on any atom is 0.319 e. The van der Waals surface area contributed by atoms with Crippen molar-refractivity contribution < 1.29 is 19.4 Å². The van der Waals surface area contributed by atoms with Crippen molar-refractivity contribution in [1.82, 2.24) is 10.3 Å². The smallest absolute Gasteiger partial charge is 0.319 e. The van der Waals surface area contributed by atoms with Crippen molar-refractivity contribution in [2.24, 2.45) is 5.41 Å². The second kappa shape index (κ2) is 6.17. The number of aromatic nitrogens is 1. The van der Waals surface area contributed by atoms with Crippen LogP contribution in [0.4, 0.5) is 0 Å². The molecule has 1 aliphatic rings. The normalized spacial score (nSPS) is 15.6. The molecule has 2 rings (SSSR count). The molecule has 0 bridgehead atoms. The number of carbonyl (C=O) groups excluding carboxylic acids is 1. The van der Waals surface area contributed by atoms with Gasteiger partial charge in [-0.05, 0) is 38.3 Å². The van der Waals surface area contributed by atoms with Gasteiger partial charge in [0, 0.05) is 17.8 Å². The number of methoxy groups -OCH3 is 1. The van der Waals surface area contributed by atoms with Crippen LogP contribution >= 0.6 is 0 Å². The largest absolute Gasteiger partial charge is 0.481 e. The number of pyridine rings is 1. The molecule has 0 saturated heterocycles. The Kier molecular flexibility index (Phi) is 4.49. The number of allylic oxidation sites excluding steroid dienone is 2. The van der Waals surface area contributed by atoms with Gasteiger partial charge in [0.2, 0.25) is 11.8 Å². The number of nitrogens with one attached hydrogen (secondary N) is 1. The zero-order chi connectivity index (χ0) is 16.3. The number of aliphatic carboxylic acids is 1. The van der Waals surface area contributed by atoms with E-state index in [4.69, 9.17) is 4.74 Å². The fourth-order valence-electron chi connectivity index (χ4n) is 2.66. The van der Waals surface area contributed by atoms with E-state index in [1.165, 1.54) is 7.11 Å². The van der Waals surface area contributed by atoms with Crippen molar-refractivity contribution in [2.75, 3.05) is 7.11 Å². The van der Waals surface area contributed by atoms with Crippen molar-refractivity contribution >= 4 is 11.9 Å². The molecule has 0 aliphatic heterocycles. The average molecular weight is 304 g/mol. The zero-order valence-electron chi connectivity index (χ0n) is 13.0. The highest BCUT2D eigenvalue weighted by molar-refractivity contribution is 6.02. The maximum absolute atomic E-state index is 12.4. The van der Waals surface area contributed by atoms with Gasteiger partial charge in [-0.2, -0.15) is 0 Å². The number of rotatable bonds is 5. The Morgan fingerprint density at radius 3 is 2.55 bits per heavy atom. The van der Waals surface area contributed by atoms with Gasteiger partial charge in [0.1, 0.15) is 0 Å². The minimum absolute atomic E-state index is 0.191. The fraction of sp³-hybridized carbons (Fsp3) is 0.438. The van der Waals surface area contributed by atoms with Gasteiger partial charge in [-0.25, -0.2) is 4.98 Å². The topological polar surface area (TPSA) is 88.5 Å². The number of carboxylic acid groups (broad SMARTS) is 1. The van der Waals surface area contributed by atoms with E-state index in [0.717, 1.165) is 16.8 Å². The SMILES string of the molecule is COc1nc(C)cc(C)c1CNC(=O)C1(C(=O)O)CC=CC1. The molecular formula is C16H20N2O4. The molecule has 1 aromatic rings. The highest BCUT2D eigenvalue weighted by atomic mass is 16.5. The molecule has 1 aromatic heterocycles. The van der Waals surface area contributed by atoms with Gasteiger partial charge in [0.25, 0.3) is 0 Å². The van der Waals surface area contributed by atoms with E-state index in [-0.39, 0.29) is 19.4 Å². The van der Waals surface area contributed by atoms with Crippen LogP contribution in [0.3, 0.4) is 0 Å². The van der Waals surface area contributed by atoms with Gasteiger partial charge in [0.15, 0.2) is 5.41 Å². The number of aryl methyl sites for hydroxylation is 2. The number of ether oxygens (including phenoxy) is 1. The quantitative estimate of drug-likeness (QED) is 0.639. The van der Waals surface area contributed by atoms with Crippen LogP contribution in [0.5, 0.6) is 5.88 Å². The van der Waals surface area contributed by atoms with E-state index in [9.17, 15) is 14.7 Å². The minimum Gasteiger partial charge on any atom is -0.481 e. The van der Waals surface area contributed by atoms with Crippen LogP contribution in [0.2, 0.25) is 0 Å². The van der Waals surface area contributed by atoms with E-state index in [2.05, 4.69) is 10.3 Å². The Morgan fingerprint density at radius 1 is 1.36 bits per heavy atom. The van der Waals surface area contributed by atoms with Crippen molar-refractivity contribution in [3.63, 3.8) is 0 Å². The second-order valence-electron chi connectivity index (χ2n) is 5.52. The molecule has 1 heterocycles. The summed E-state index contributed by atoms with van der Waals surface area (Å²) in [5, 5.41) is 12.1. The van der Waals surface area contributed by atoms with E-state index < -0.39 is 17.3 Å². The Morgan fingerprint density at radius 2 is 2.00 bits per heavy atom. The predicted octanol–water partition coefficient (Wildman–Crippen LogP) is 1.74. The molecule has 0 radical (unpaired) electrons. The first-order chi connectivity index (χ1) is 10.4. The summed E-state index contributed by atoms with van der Waals surface area (Å²) in [6.07, 6.45) is 3.90. The molecule has 0 aromatic carbocycles. The third-order valence-electron chi connectivity index (χ3n) is 4.00. The summed E-state index contributed by atoms with van der Waals surface area (Å²) in [5.74, 6) is -1.13. The van der Waals surface area contributed by atoms with Crippen LogP contribution in [0, 0.1) is 19.3 Å². The number of carboxylic acids is 1. The Labute approximate surface area is 129 Å². The first-order valence-electron chi connectivity index (χ1n) is 7.08. The number of carbonyl (C=O) groups is 2. The van der Waals surface area contributed by atoms with Gasteiger partial charge in [0.05, 0.1) is 7.11 Å². The monoisotopic (exact) mass is 304 g/mol. The highest BCUT2D eigenvalue weighted by Gasteiger charge is 2.46. The summed E-state index contributed by atoms with van der Waals surface area (Å²) in [6, 6.07) is 1.90. The van der Waals surface area contributed by atoms with Gasteiger partial charge in [-0.1, -0.05) is 12.2 Å². The van der Waals surface area contributed by atoms with E-state index in [1.807, 2.05) is 19.9 Å². The lowest BCUT2D eigenvalue weighted by Crippen LogP contribution is -2.44. The van der Waals surface area contributed by atoms with E-state index in [0.29, 0.717) is 5.88 Å². The minimum atomic E-state index is -1.39. The fourth-order valence-corrected chi connectivity index (χ4v) is 2.66. The number of nitrogens with zero attached hydrogens (tertiary/aromatic N) is 1. The lowest BCUT2D eigenvalue weighted by Gasteiger charge is -2.23. The van der Waals surface area contributed by atoms with Gasteiger partial charge in [-0.3, -0.25) is 9.59 Å². The molecule has 6 heteroatoms. The Hall–Kier alpha value is -2.37. The van der Waals surface area contributed by atoms with Crippen LogP contribution in [0.1, 0.15) is 29.7 Å².